The lowest BCUT2D eigenvalue weighted by atomic mass is 10.2. The third kappa shape index (κ3) is 6.04. The van der Waals surface area contributed by atoms with Gasteiger partial charge in [0.25, 0.3) is 0 Å². The Hall–Kier alpha value is -2.90. The number of hydrogen-bond donors (Lipinski definition) is 2. The van der Waals surface area contributed by atoms with Crippen LogP contribution in [0.15, 0.2) is 53.9 Å². The largest absolute Gasteiger partial charge is 0.426 e. The highest BCUT2D eigenvalue weighted by Crippen LogP contribution is 2.30. The van der Waals surface area contributed by atoms with E-state index in [-0.39, 0.29) is 12.5 Å². The first-order chi connectivity index (χ1) is 14.0. The molecule has 0 aliphatic carbocycles. The Balaban J connectivity index is 1.59. The second-order valence-corrected chi connectivity index (χ2v) is 7.45. The van der Waals surface area contributed by atoms with Gasteiger partial charge in [0.15, 0.2) is 0 Å². The molecule has 0 aliphatic rings. The first kappa shape index (κ1) is 20.8. The molecule has 29 heavy (non-hydrogen) atoms. The molecule has 0 bridgehead atoms. The number of hydrogen-bond acceptors (Lipinski definition) is 5. The first-order valence-electron chi connectivity index (χ1n) is 9.10. The number of carbonyl (C=O) groups excluding carboxylic acids is 2. The number of carbonyl (C=O) groups is 2. The number of urea groups is 1. The number of nitrogens with one attached hydrogen (secondary N) is 2. The van der Waals surface area contributed by atoms with Gasteiger partial charge >= 0.3 is 12.0 Å². The van der Waals surface area contributed by atoms with Crippen molar-refractivity contribution in [1.82, 2.24) is 10.3 Å². The summed E-state index contributed by atoms with van der Waals surface area (Å²) in [6.07, 6.45) is 0.884. The molecule has 0 radical (unpaired) electrons. The fourth-order valence-electron chi connectivity index (χ4n) is 2.51. The normalized spacial score (nSPS) is 10.4. The number of aromatic nitrogens is 1. The van der Waals surface area contributed by atoms with Crippen molar-refractivity contribution < 1.29 is 14.3 Å². The number of esters is 1. The minimum absolute atomic E-state index is 0.0373. The van der Waals surface area contributed by atoms with Crippen LogP contribution >= 0.6 is 22.9 Å². The molecule has 2 N–H and O–H groups in total. The summed E-state index contributed by atoms with van der Waals surface area (Å²) < 4.78 is 5.39. The zero-order valence-corrected chi connectivity index (χ0v) is 17.3. The second-order valence-electron chi connectivity index (χ2n) is 6.18. The van der Waals surface area contributed by atoms with Crippen LogP contribution in [0.4, 0.5) is 10.5 Å². The van der Waals surface area contributed by atoms with Gasteiger partial charge in [-0.25, -0.2) is 9.78 Å². The first-order valence-corrected chi connectivity index (χ1v) is 10.4. The number of nitrogens with zero attached hydrogens (tertiary/aromatic N) is 1. The van der Waals surface area contributed by atoms with Crippen LogP contribution in [0.2, 0.25) is 5.02 Å². The van der Waals surface area contributed by atoms with Crippen LogP contribution in [0.3, 0.4) is 0 Å². The molecule has 6 nitrogen and oxygen atoms in total. The lowest BCUT2D eigenvalue weighted by molar-refractivity contribution is -0.133. The van der Waals surface area contributed by atoms with Crippen molar-refractivity contribution in [1.29, 1.82) is 0 Å². The fraction of sp³-hybridized carbons (Fsp3) is 0.190. The molecule has 1 aromatic heterocycles. The van der Waals surface area contributed by atoms with Gasteiger partial charge < -0.3 is 15.4 Å². The van der Waals surface area contributed by atoms with E-state index in [1.54, 1.807) is 30.3 Å². The maximum Gasteiger partial charge on any atom is 0.319 e. The Labute approximate surface area is 177 Å². The van der Waals surface area contributed by atoms with E-state index >= 15 is 0 Å². The summed E-state index contributed by atoms with van der Waals surface area (Å²) in [4.78, 5) is 28.5. The molecule has 2 aromatic carbocycles. The van der Waals surface area contributed by atoms with Crippen LogP contribution in [0.25, 0.3) is 10.6 Å². The molecule has 0 saturated carbocycles. The molecule has 0 spiro atoms. The van der Waals surface area contributed by atoms with Gasteiger partial charge in [0.2, 0.25) is 0 Å². The van der Waals surface area contributed by atoms with Gasteiger partial charge in [0.05, 0.1) is 17.1 Å². The molecule has 0 saturated heterocycles. The summed E-state index contributed by atoms with van der Waals surface area (Å²) in [6.45, 7) is 2.56. The summed E-state index contributed by atoms with van der Waals surface area (Å²) >= 11 is 7.62. The van der Waals surface area contributed by atoms with E-state index in [4.69, 9.17) is 16.3 Å². The Morgan fingerprint density at radius 2 is 2.00 bits per heavy atom. The molecular formula is C21H20ClN3O3S. The molecule has 0 atom stereocenters. The van der Waals surface area contributed by atoms with Gasteiger partial charge in [0.1, 0.15) is 10.8 Å². The van der Waals surface area contributed by atoms with Crippen molar-refractivity contribution in [3.8, 4) is 16.3 Å². The van der Waals surface area contributed by atoms with Gasteiger partial charge in [-0.1, -0.05) is 42.8 Å². The highest BCUT2D eigenvalue weighted by atomic mass is 35.5. The number of anilines is 1. The molecule has 0 fully saturated rings. The number of ether oxygens (including phenoxy) is 1. The zero-order chi connectivity index (χ0) is 20.6. The SMILES string of the molecule is CCCNC(=O)Nc1cccc(OC(=O)Cc2csc(-c3ccccc3Cl)n2)c1. The Kier molecular flexibility index (Phi) is 7.21. The predicted octanol–water partition coefficient (Wildman–Crippen LogP) is 5.14. The van der Waals surface area contributed by atoms with Gasteiger partial charge in [0, 0.05) is 29.2 Å². The minimum atomic E-state index is -0.436. The average molecular weight is 430 g/mol. The topological polar surface area (TPSA) is 80.3 Å². The summed E-state index contributed by atoms with van der Waals surface area (Å²) in [5.41, 5.74) is 1.99. The standard InChI is InChI=1S/C21H20ClN3O3S/c1-2-10-23-21(27)25-14-6-5-7-16(11-14)28-19(26)12-15-13-29-20(24-15)17-8-3-4-9-18(17)22/h3-9,11,13H,2,10,12H2,1H3,(H2,23,25,27). The molecule has 8 heteroatoms. The lowest BCUT2D eigenvalue weighted by Gasteiger charge is -2.08. The average Bonchev–Trinajstić information content (AvgIpc) is 3.15. The molecule has 0 aliphatic heterocycles. The van der Waals surface area contributed by atoms with Gasteiger partial charge in [-0.15, -0.1) is 11.3 Å². The van der Waals surface area contributed by atoms with Crippen LogP contribution in [0, 0.1) is 0 Å². The van der Waals surface area contributed by atoms with Crippen molar-refractivity contribution in [2.75, 3.05) is 11.9 Å². The maximum absolute atomic E-state index is 12.3. The Bertz CT molecular complexity index is 1010. The number of thiazole rings is 1. The van der Waals surface area contributed by atoms with E-state index in [2.05, 4.69) is 15.6 Å². The Morgan fingerprint density at radius 3 is 2.79 bits per heavy atom. The van der Waals surface area contributed by atoms with E-state index in [1.807, 2.05) is 30.5 Å². The second kappa shape index (κ2) is 10.0. The molecule has 3 rings (SSSR count). The van der Waals surface area contributed by atoms with Crippen LogP contribution in [0.1, 0.15) is 19.0 Å². The quantitative estimate of drug-likeness (QED) is 0.402. The van der Waals surface area contributed by atoms with E-state index in [0.717, 1.165) is 17.0 Å². The molecule has 150 valence electrons. The number of halogens is 1. The molecule has 0 unspecified atom stereocenters. The number of benzene rings is 2. The van der Waals surface area contributed by atoms with Crippen molar-refractivity contribution >= 4 is 40.6 Å². The van der Waals surface area contributed by atoms with Crippen molar-refractivity contribution in [3.05, 3.63) is 64.6 Å². The molecule has 1 heterocycles. The molecular weight excluding hydrogens is 410 g/mol. The van der Waals surface area contributed by atoms with Crippen LogP contribution < -0.4 is 15.4 Å². The zero-order valence-electron chi connectivity index (χ0n) is 15.8. The van der Waals surface area contributed by atoms with E-state index in [1.165, 1.54) is 11.3 Å². The van der Waals surface area contributed by atoms with Gasteiger partial charge in [-0.05, 0) is 24.6 Å². The third-order valence-corrected chi connectivity index (χ3v) is 5.09. The van der Waals surface area contributed by atoms with Gasteiger partial charge in [-0.2, -0.15) is 0 Å². The smallest absolute Gasteiger partial charge is 0.319 e. The third-order valence-electron chi connectivity index (χ3n) is 3.84. The van der Waals surface area contributed by atoms with Crippen molar-refractivity contribution in [3.63, 3.8) is 0 Å². The van der Waals surface area contributed by atoms with Crippen LogP contribution in [-0.2, 0) is 11.2 Å². The highest BCUT2D eigenvalue weighted by molar-refractivity contribution is 7.13. The molecule has 3 aromatic rings. The Morgan fingerprint density at radius 1 is 1.17 bits per heavy atom. The lowest BCUT2D eigenvalue weighted by Crippen LogP contribution is -2.29. The van der Waals surface area contributed by atoms with Crippen LogP contribution in [-0.4, -0.2) is 23.5 Å². The fourth-order valence-corrected chi connectivity index (χ4v) is 3.65. The number of rotatable bonds is 7. The highest BCUT2D eigenvalue weighted by Gasteiger charge is 2.13. The van der Waals surface area contributed by atoms with E-state index in [0.29, 0.717) is 28.7 Å². The molecule has 2 amide bonds. The number of amides is 2. The predicted molar refractivity (Wildman–Crippen MR) is 116 cm³/mol. The van der Waals surface area contributed by atoms with Crippen molar-refractivity contribution in [2.45, 2.75) is 19.8 Å². The summed E-state index contributed by atoms with van der Waals surface area (Å²) in [7, 11) is 0. The summed E-state index contributed by atoms with van der Waals surface area (Å²) in [5.74, 6) is -0.0848. The maximum atomic E-state index is 12.3. The van der Waals surface area contributed by atoms with E-state index in [9.17, 15) is 9.59 Å². The minimum Gasteiger partial charge on any atom is -0.426 e. The summed E-state index contributed by atoms with van der Waals surface area (Å²) in [5, 5.41) is 8.60. The van der Waals surface area contributed by atoms with Crippen molar-refractivity contribution in [2.24, 2.45) is 0 Å². The van der Waals surface area contributed by atoms with Gasteiger partial charge in [-0.3, -0.25) is 4.79 Å². The summed E-state index contributed by atoms with van der Waals surface area (Å²) in [6, 6.07) is 13.8. The van der Waals surface area contributed by atoms with Crippen LogP contribution in [0.5, 0.6) is 5.75 Å². The monoisotopic (exact) mass is 429 g/mol. The van der Waals surface area contributed by atoms with E-state index < -0.39 is 5.97 Å².